The van der Waals surface area contributed by atoms with Crippen molar-refractivity contribution in [3.8, 4) is 0 Å². The highest BCUT2D eigenvalue weighted by molar-refractivity contribution is 4.67. The first-order chi connectivity index (χ1) is 4.72. The second kappa shape index (κ2) is 3.30. The van der Waals surface area contributed by atoms with Crippen molar-refractivity contribution in [1.29, 1.82) is 0 Å². The number of halogens is 1. The summed E-state index contributed by atoms with van der Waals surface area (Å²) >= 11 is 0. The molecule has 1 aliphatic heterocycles. The van der Waals surface area contributed by atoms with Crippen LogP contribution in [0.1, 0.15) is 12.8 Å². The number of hydrogen-bond donors (Lipinski definition) is 0. The molecule has 1 aliphatic rings. The highest BCUT2D eigenvalue weighted by atomic mass is 19.1. The van der Waals surface area contributed by atoms with E-state index in [2.05, 4.69) is 0 Å². The minimum Gasteiger partial charge on any atom is -0.267 e. The Labute approximate surface area is 61.6 Å². The summed E-state index contributed by atoms with van der Waals surface area (Å²) in [6.07, 6.45) is 1.42. The van der Waals surface area contributed by atoms with E-state index in [-0.39, 0.29) is 0 Å². The number of alkyl halides is 1. The van der Waals surface area contributed by atoms with Crippen LogP contribution in [0, 0.1) is 0 Å². The molecule has 1 rings (SSSR count). The van der Waals surface area contributed by atoms with E-state index in [1.54, 1.807) is 19.0 Å². The van der Waals surface area contributed by atoms with Gasteiger partial charge in [0.15, 0.2) is 0 Å². The van der Waals surface area contributed by atoms with Crippen molar-refractivity contribution in [3.63, 3.8) is 0 Å². The lowest BCUT2D eigenvalue weighted by molar-refractivity contribution is -0.00936. The van der Waals surface area contributed by atoms with Crippen molar-refractivity contribution in [2.75, 3.05) is 27.2 Å². The summed E-state index contributed by atoms with van der Waals surface area (Å²) in [5.74, 6) is 0. The molecular weight excluding hydrogens is 131 g/mol. The van der Waals surface area contributed by atoms with Gasteiger partial charge in [-0.05, 0) is 26.9 Å². The van der Waals surface area contributed by atoms with Gasteiger partial charge in [0, 0.05) is 13.1 Å². The van der Waals surface area contributed by atoms with E-state index >= 15 is 0 Å². The van der Waals surface area contributed by atoms with E-state index in [0.717, 1.165) is 25.9 Å². The fraction of sp³-hybridized carbons (Fsp3) is 1.00. The van der Waals surface area contributed by atoms with Gasteiger partial charge in [-0.15, -0.1) is 0 Å². The Kier molecular flexibility index (Phi) is 2.63. The molecule has 0 aliphatic carbocycles. The molecule has 0 spiro atoms. The molecule has 0 radical (unpaired) electrons. The van der Waals surface area contributed by atoms with Crippen molar-refractivity contribution >= 4 is 0 Å². The molecule has 1 unspecified atom stereocenters. The normalized spacial score (nSPS) is 24.0. The molecule has 0 saturated carbocycles. The Morgan fingerprint density at radius 1 is 1.30 bits per heavy atom. The first-order valence-corrected chi connectivity index (χ1v) is 3.76. The lowest BCUT2D eigenvalue weighted by Crippen LogP contribution is -2.39. The van der Waals surface area contributed by atoms with Gasteiger partial charge in [-0.3, -0.25) is 9.80 Å². The first kappa shape index (κ1) is 7.95. The molecule has 0 aromatic heterocycles. The predicted molar refractivity (Wildman–Crippen MR) is 39.4 cm³/mol. The molecule has 0 amide bonds. The molecule has 10 heavy (non-hydrogen) atoms. The lowest BCUT2D eigenvalue weighted by Gasteiger charge is -2.25. The number of hydrogen-bond acceptors (Lipinski definition) is 2. The van der Waals surface area contributed by atoms with E-state index in [1.165, 1.54) is 0 Å². The molecule has 1 heterocycles. The van der Waals surface area contributed by atoms with E-state index in [9.17, 15) is 4.39 Å². The molecule has 0 aromatic rings. The van der Waals surface area contributed by atoms with Crippen LogP contribution in [0.4, 0.5) is 4.39 Å². The number of likely N-dealkylation sites (tertiary alicyclic amines) is 1. The topological polar surface area (TPSA) is 6.48 Å². The standard InChI is InChI=1S/C7H15FN2/c1-9(2)7(8)10-5-3-4-6-10/h7H,3-6H2,1-2H3. The van der Waals surface area contributed by atoms with E-state index in [4.69, 9.17) is 0 Å². The van der Waals surface area contributed by atoms with Gasteiger partial charge in [0.1, 0.15) is 0 Å². The van der Waals surface area contributed by atoms with Crippen molar-refractivity contribution in [2.45, 2.75) is 19.3 Å². The fourth-order valence-electron chi connectivity index (χ4n) is 1.28. The molecule has 3 heteroatoms. The molecule has 0 N–H and O–H groups in total. The zero-order chi connectivity index (χ0) is 7.56. The van der Waals surface area contributed by atoms with Crippen LogP contribution in [0.3, 0.4) is 0 Å². The summed E-state index contributed by atoms with van der Waals surface area (Å²) in [5.41, 5.74) is 0. The van der Waals surface area contributed by atoms with Crippen molar-refractivity contribution < 1.29 is 4.39 Å². The van der Waals surface area contributed by atoms with Crippen molar-refractivity contribution in [2.24, 2.45) is 0 Å². The molecule has 1 saturated heterocycles. The second-order valence-corrected chi connectivity index (χ2v) is 3.02. The monoisotopic (exact) mass is 146 g/mol. The van der Waals surface area contributed by atoms with Crippen LogP contribution >= 0.6 is 0 Å². The molecular formula is C7H15FN2. The van der Waals surface area contributed by atoms with Gasteiger partial charge in [0.25, 0.3) is 0 Å². The zero-order valence-electron chi connectivity index (χ0n) is 6.68. The summed E-state index contributed by atoms with van der Waals surface area (Å²) in [5, 5.41) is 0. The number of nitrogens with zero attached hydrogens (tertiary/aromatic N) is 2. The maximum absolute atomic E-state index is 13.1. The summed E-state index contributed by atoms with van der Waals surface area (Å²) in [7, 11) is 3.53. The SMILES string of the molecule is CN(C)C(F)N1CCCC1. The Morgan fingerprint density at radius 3 is 2.20 bits per heavy atom. The molecule has 60 valence electrons. The summed E-state index contributed by atoms with van der Waals surface area (Å²) in [6.45, 7) is 1.83. The van der Waals surface area contributed by atoms with Gasteiger partial charge in [0.05, 0.1) is 0 Å². The van der Waals surface area contributed by atoms with Crippen LogP contribution in [0.25, 0.3) is 0 Å². The molecule has 1 fully saturated rings. The summed E-state index contributed by atoms with van der Waals surface area (Å²) in [4.78, 5) is 3.46. The molecule has 0 aromatic carbocycles. The van der Waals surface area contributed by atoms with E-state index in [1.807, 2.05) is 4.90 Å². The van der Waals surface area contributed by atoms with Crippen LogP contribution in [-0.2, 0) is 0 Å². The van der Waals surface area contributed by atoms with Crippen molar-refractivity contribution in [1.82, 2.24) is 9.80 Å². The Morgan fingerprint density at radius 2 is 1.80 bits per heavy atom. The average Bonchev–Trinajstić information content (AvgIpc) is 2.36. The summed E-state index contributed by atoms with van der Waals surface area (Å²) < 4.78 is 13.1. The maximum atomic E-state index is 13.1. The Balaban J connectivity index is 2.32. The highest BCUT2D eigenvalue weighted by Gasteiger charge is 2.22. The van der Waals surface area contributed by atoms with Gasteiger partial charge in [-0.1, -0.05) is 0 Å². The third-order valence-electron chi connectivity index (χ3n) is 1.87. The summed E-state index contributed by atoms with van der Waals surface area (Å²) in [6, 6.07) is 0. The minimum atomic E-state index is -0.873. The van der Waals surface area contributed by atoms with E-state index < -0.39 is 6.42 Å². The van der Waals surface area contributed by atoms with Gasteiger partial charge in [-0.2, -0.15) is 0 Å². The number of rotatable bonds is 2. The largest absolute Gasteiger partial charge is 0.267 e. The Bertz CT molecular complexity index is 99.8. The molecule has 1 atom stereocenters. The Hall–Kier alpha value is -0.150. The van der Waals surface area contributed by atoms with Crippen molar-refractivity contribution in [3.05, 3.63) is 0 Å². The average molecular weight is 146 g/mol. The second-order valence-electron chi connectivity index (χ2n) is 3.02. The predicted octanol–water partition coefficient (Wildman–Crippen LogP) is 0.897. The van der Waals surface area contributed by atoms with Crippen LogP contribution in [0.2, 0.25) is 0 Å². The van der Waals surface area contributed by atoms with Gasteiger partial charge >= 0.3 is 0 Å². The van der Waals surface area contributed by atoms with Gasteiger partial charge in [-0.25, -0.2) is 4.39 Å². The quantitative estimate of drug-likeness (QED) is 0.534. The van der Waals surface area contributed by atoms with Crippen LogP contribution in [0.15, 0.2) is 0 Å². The van der Waals surface area contributed by atoms with Gasteiger partial charge < -0.3 is 0 Å². The highest BCUT2D eigenvalue weighted by Crippen LogP contribution is 2.13. The van der Waals surface area contributed by atoms with Crippen LogP contribution in [-0.4, -0.2) is 43.4 Å². The third kappa shape index (κ3) is 1.67. The minimum absolute atomic E-state index is 0.873. The van der Waals surface area contributed by atoms with Crippen LogP contribution < -0.4 is 0 Å². The molecule has 0 bridgehead atoms. The first-order valence-electron chi connectivity index (χ1n) is 3.76. The zero-order valence-corrected chi connectivity index (χ0v) is 6.68. The fourth-order valence-corrected chi connectivity index (χ4v) is 1.28. The molecule has 2 nitrogen and oxygen atoms in total. The lowest BCUT2D eigenvalue weighted by atomic mass is 10.4. The van der Waals surface area contributed by atoms with E-state index in [0.29, 0.717) is 0 Å². The smallest absolute Gasteiger partial charge is 0.209 e. The van der Waals surface area contributed by atoms with Crippen LogP contribution in [0.5, 0.6) is 0 Å². The maximum Gasteiger partial charge on any atom is 0.209 e. The third-order valence-corrected chi connectivity index (χ3v) is 1.87. The van der Waals surface area contributed by atoms with Gasteiger partial charge in [0.2, 0.25) is 6.42 Å².